The standard InChI is InChI=1S/C15H16F3N3O3S/c1-14(2,3)12(23)19-7-11(22)21-13-20-9-5-4-8(6-10(9)25-13)24-15(16,17)18/h4-6H,7H2,1-3H3,(H,19,23)(H,20,21,22). The van der Waals surface area contributed by atoms with Gasteiger partial charge in [-0.15, -0.1) is 13.2 Å². The quantitative estimate of drug-likeness (QED) is 0.859. The zero-order valence-electron chi connectivity index (χ0n) is 13.7. The maximum absolute atomic E-state index is 12.2. The van der Waals surface area contributed by atoms with Gasteiger partial charge in [0.15, 0.2) is 5.13 Å². The Morgan fingerprint density at radius 1 is 1.24 bits per heavy atom. The van der Waals surface area contributed by atoms with Crippen molar-refractivity contribution < 1.29 is 27.5 Å². The number of aromatic nitrogens is 1. The van der Waals surface area contributed by atoms with Crippen LogP contribution in [0.5, 0.6) is 5.75 Å². The van der Waals surface area contributed by atoms with Crippen molar-refractivity contribution in [1.29, 1.82) is 0 Å². The fourth-order valence-electron chi connectivity index (χ4n) is 1.74. The van der Waals surface area contributed by atoms with Crippen molar-refractivity contribution in [2.45, 2.75) is 27.1 Å². The monoisotopic (exact) mass is 375 g/mol. The number of halogens is 3. The van der Waals surface area contributed by atoms with E-state index >= 15 is 0 Å². The van der Waals surface area contributed by atoms with Gasteiger partial charge in [0, 0.05) is 11.5 Å². The normalized spacial score (nSPS) is 12.1. The number of hydrogen-bond acceptors (Lipinski definition) is 5. The number of carbonyl (C=O) groups excluding carboxylic acids is 2. The molecular formula is C15H16F3N3O3S. The second kappa shape index (κ2) is 6.87. The van der Waals surface area contributed by atoms with Crippen molar-refractivity contribution in [3.63, 3.8) is 0 Å². The molecule has 0 atom stereocenters. The molecule has 0 aliphatic rings. The summed E-state index contributed by atoms with van der Waals surface area (Å²) in [7, 11) is 0. The van der Waals surface area contributed by atoms with Crippen LogP contribution in [0.2, 0.25) is 0 Å². The Labute approximate surface area is 145 Å². The van der Waals surface area contributed by atoms with Crippen LogP contribution in [0.1, 0.15) is 20.8 Å². The minimum absolute atomic E-state index is 0.217. The van der Waals surface area contributed by atoms with Gasteiger partial charge in [0.05, 0.1) is 16.8 Å². The first kappa shape index (κ1) is 19.0. The molecule has 0 aliphatic heterocycles. The van der Waals surface area contributed by atoms with Crippen molar-refractivity contribution in [1.82, 2.24) is 10.3 Å². The van der Waals surface area contributed by atoms with E-state index in [9.17, 15) is 22.8 Å². The van der Waals surface area contributed by atoms with Crippen molar-refractivity contribution in [3.05, 3.63) is 18.2 Å². The molecule has 0 spiro atoms. The first-order valence-corrected chi connectivity index (χ1v) is 8.00. The van der Waals surface area contributed by atoms with E-state index in [2.05, 4.69) is 20.4 Å². The summed E-state index contributed by atoms with van der Waals surface area (Å²) in [4.78, 5) is 27.6. The fraction of sp³-hybridized carbons (Fsp3) is 0.400. The van der Waals surface area contributed by atoms with E-state index in [0.29, 0.717) is 10.2 Å². The van der Waals surface area contributed by atoms with Crippen molar-refractivity contribution >= 4 is 38.5 Å². The summed E-state index contributed by atoms with van der Waals surface area (Å²) >= 11 is 1.00. The van der Waals surface area contributed by atoms with Gasteiger partial charge in [-0.2, -0.15) is 0 Å². The molecule has 2 amide bonds. The van der Waals surface area contributed by atoms with Gasteiger partial charge >= 0.3 is 6.36 Å². The Bertz CT molecular complexity index is 797. The summed E-state index contributed by atoms with van der Waals surface area (Å²) in [5.74, 6) is -1.12. The highest BCUT2D eigenvalue weighted by Crippen LogP contribution is 2.31. The number of hydrogen-bond donors (Lipinski definition) is 2. The molecule has 0 fully saturated rings. The van der Waals surface area contributed by atoms with Crippen LogP contribution in [0.4, 0.5) is 18.3 Å². The van der Waals surface area contributed by atoms with Crippen LogP contribution in [0.25, 0.3) is 10.2 Å². The molecule has 0 radical (unpaired) electrons. The largest absolute Gasteiger partial charge is 0.573 e. The van der Waals surface area contributed by atoms with Gasteiger partial charge in [0.2, 0.25) is 11.8 Å². The van der Waals surface area contributed by atoms with E-state index in [1.807, 2.05) is 0 Å². The average Bonchev–Trinajstić information content (AvgIpc) is 2.83. The van der Waals surface area contributed by atoms with Crippen LogP contribution in [0.15, 0.2) is 18.2 Å². The van der Waals surface area contributed by atoms with Crippen molar-refractivity contribution in [2.24, 2.45) is 5.41 Å². The maximum atomic E-state index is 12.2. The lowest BCUT2D eigenvalue weighted by atomic mass is 9.96. The predicted molar refractivity (Wildman–Crippen MR) is 87.4 cm³/mol. The maximum Gasteiger partial charge on any atom is 0.573 e. The van der Waals surface area contributed by atoms with E-state index < -0.39 is 17.7 Å². The van der Waals surface area contributed by atoms with Crippen molar-refractivity contribution in [3.8, 4) is 5.75 Å². The molecule has 2 N–H and O–H groups in total. The van der Waals surface area contributed by atoms with Gasteiger partial charge in [-0.25, -0.2) is 4.98 Å². The Morgan fingerprint density at radius 2 is 1.92 bits per heavy atom. The van der Waals surface area contributed by atoms with Crippen molar-refractivity contribution in [2.75, 3.05) is 11.9 Å². The van der Waals surface area contributed by atoms with Gasteiger partial charge < -0.3 is 15.4 Å². The fourth-order valence-corrected chi connectivity index (χ4v) is 2.66. The number of carbonyl (C=O) groups is 2. The third kappa shape index (κ3) is 5.59. The van der Waals surface area contributed by atoms with Gasteiger partial charge in [-0.1, -0.05) is 32.1 Å². The molecule has 2 aromatic rings. The molecule has 0 aliphatic carbocycles. The Balaban J connectivity index is 2.02. The number of thiazole rings is 1. The summed E-state index contributed by atoms with van der Waals surface area (Å²) in [5, 5.41) is 5.21. The Hall–Kier alpha value is -2.36. The topological polar surface area (TPSA) is 80.3 Å². The molecule has 1 aromatic carbocycles. The highest BCUT2D eigenvalue weighted by atomic mass is 32.1. The zero-order chi connectivity index (χ0) is 18.8. The molecule has 10 heteroatoms. The lowest BCUT2D eigenvalue weighted by Crippen LogP contribution is -2.39. The molecule has 0 bridgehead atoms. The Kier molecular flexibility index (Phi) is 5.21. The molecular weight excluding hydrogens is 359 g/mol. The summed E-state index contributed by atoms with van der Waals surface area (Å²) in [6.07, 6.45) is -4.78. The van der Waals surface area contributed by atoms with Gasteiger partial charge in [0.25, 0.3) is 0 Å². The van der Waals surface area contributed by atoms with Crippen LogP contribution in [0.3, 0.4) is 0 Å². The molecule has 1 aromatic heterocycles. The average molecular weight is 375 g/mol. The van der Waals surface area contributed by atoms with Crippen LogP contribution in [-0.4, -0.2) is 29.7 Å². The first-order valence-electron chi connectivity index (χ1n) is 7.18. The SMILES string of the molecule is CC(C)(C)C(=O)NCC(=O)Nc1nc2ccc(OC(F)(F)F)cc2s1. The molecule has 25 heavy (non-hydrogen) atoms. The molecule has 0 unspecified atom stereocenters. The molecule has 1 heterocycles. The molecule has 0 saturated heterocycles. The van der Waals surface area contributed by atoms with E-state index in [4.69, 9.17) is 0 Å². The summed E-state index contributed by atoms with van der Waals surface area (Å²) in [5.41, 5.74) is -0.195. The molecule has 136 valence electrons. The molecule has 2 rings (SSSR count). The number of rotatable bonds is 4. The van der Waals surface area contributed by atoms with E-state index in [1.54, 1.807) is 20.8 Å². The van der Waals surface area contributed by atoms with E-state index in [1.165, 1.54) is 12.1 Å². The second-order valence-electron chi connectivity index (χ2n) is 6.18. The smallest absolute Gasteiger partial charge is 0.406 e. The van der Waals surface area contributed by atoms with Crippen LogP contribution in [-0.2, 0) is 9.59 Å². The second-order valence-corrected chi connectivity index (χ2v) is 7.21. The highest BCUT2D eigenvalue weighted by Gasteiger charge is 2.31. The lowest BCUT2D eigenvalue weighted by Gasteiger charge is -2.17. The summed E-state index contributed by atoms with van der Waals surface area (Å²) in [6, 6.07) is 3.70. The minimum Gasteiger partial charge on any atom is -0.406 e. The van der Waals surface area contributed by atoms with E-state index in [0.717, 1.165) is 17.4 Å². The zero-order valence-corrected chi connectivity index (χ0v) is 14.5. The summed E-state index contributed by atoms with van der Waals surface area (Å²) in [6.45, 7) is 4.92. The number of amides is 2. The first-order chi connectivity index (χ1) is 11.4. The van der Waals surface area contributed by atoms with E-state index in [-0.39, 0.29) is 23.3 Å². The molecule has 6 nitrogen and oxygen atoms in total. The third-order valence-corrected chi connectivity index (χ3v) is 3.86. The van der Waals surface area contributed by atoms with Gasteiger partial charge in [-0.3, -0.25) is 9.59 Å². The predicted octanol–water partition coefficient (Wildman–Crippen LogP) is 3.30. The number of ether oxygens (including phenoxy) is 1. The number of nitrogens with zero attached hydrogens (tertiary/aromatic N) is 1. The number of nitrogens with one attached hydrogen (secondary N) is 2. The number of alkyl halides is 3. The lowest BCUT2D eigenvalue weighted by molar-refractivity contribution is -0.274. The van der Waals surface area contributed by atoms with Crippen LogP contribution in [0, 0.1) is 5.41 Å². The molecule has 0 saturated carbocycles. The van der Waals surface area contributed by atoms with Crippen LogP contribution < -0.4 is 15.4 Å². The minimum atomic E-state index is -4.78. The number of anilines is 1. The third-order valence-electron chi connectivity index (χ3n) is 2.93. The van der Waals surface area contributed by atoms with Crippen LogP contribution >= 0.6 is 11.3 Å². The highest BCUT2D eigenvalue weighted by molar-refractivity contribution is 7.22. The van der Waals surface area contributed by atoms with Gasteiger partial charge in [0.1, 0.15) is 5.75 Å². The summed E-state index contributed by atoms with van der Waals surface area (Å²) < 4.78 is 40.9. The number of benzene rings is 1. The Morgan fingerprint density at radius 3 is 2.52 bits per heavy atom. The number of fused-ring (bicyclic) bond motifs is 1. The van der Waals surface area contributed by atoms with Gasteiger partial charge in [-0.05, 0) is 12.1 Å².